The minimum absolute atomic E-state index is 0.0408. The summed E-state index contributed by atoms with van der Waals surface area (Å²) in [5, 5.41) is 0. The summed E-state index contributed by atoms with van der Waals surface area (Å²) in [6.07, 6.45) is -0.231. The largest absolute Gasteiger partial charge is 0.373 e. The monoisotopic (exact) mass is 409 g/mol. The molecule has 2 saturated heterocycles. The molecule has 2 fully saturated rings. The van der Waals surface area contributed by atoms with E-state index in [1.165, 1.54) is 14.2 Å². The fraction of sp³-hybridized carbons (Fsp3) is 0.650. The van der Waals surface area contributed by atoms with Gasteiger partial charge in [0.25, 0.3) is 16.1 Å². The van der Waals surface area contributed by atoms with Crippen molar-refractivity contribution in [2.75, 3.05) is 39.3 Å². The Morgan fingerprint density at radius 2 is 1.50 bits per heavy atom. The molecular formula is C20H31N3O4S. The molecular weight excluding hydrogens is 378 g/mol. The van der Waals surface area contributed by atoms with Crippen molar-refractivity contribution in [2.24, 2.45) is 0 Å². The van der Waals surface area contributed by atoms with Gasteiger partial charge in [0, 0.05) is 44.8 Å². The zero-order chi connectivity index (χ0) is 20.5. The number of piperazine rings is 1. The standard InChI is InChI=1S/C20H31N3O4S/c1-15(2)18-5-7-19(8-6-18)20(24)21-9-11-22(12-10-21)28(25,26)23-13-16(3)27-17(4)14-23/h5-8,15-17H,9-14H2,1-4H3. The number of carbonyl (C=O) groups is 1. The van der Waals surface area contributed by atoms with Crippen LogP contribution in [-0.4, -0.2) is 79.3 Å². The molecule has 2 aliphatic heterocycles. The van der Waals surface area contributed by atoms with Gasteiger partial charge in [-0.25, -0.2) is 0 Å². The maximum absolute atomic E-state index is 13.0. The Morgan fingerprint density at radius 1 is 0.964 bits per heavy atom. The molecule has 28 heavy (non-hydrogen) atoms. The van der Waals surface area contributed by atoms with Crippen LogP contribution in [0.25, 0.3) is 0 Å². The van der Waals surface area contributed by atoms with Crippen LogP contribution in [0.4, 0.5) is 0 Å². The topological polar surface area (TPSA) is 70.2 Å². The van der Waals surface area contributed by atoms with Gasteiger partial charge < -0.3 is 9.64 Å². The smallest absolute Gasteiger partial charge is 0.282 e. The molecule has 1 aromatic rings. The molecule has 0 aromatic heterocycles. The average molecular weight is 410 g/mol. The van der Waals surface area contributed by atoms with E-state index in [9.17, 15) is 13.2 Å². The van der Waals surface area contributed by atoms with Crippen LogP contribution < -0.4 is 0 Å². The van der Waals surface area contributed by atoms with Crippen molar-refractivity contribution in [1.82, 2.24) is 13.5 Å². The normalized spacial score (nSPS) is 25.2. The minimum atomic E-state index is -3.53. The first-order valence-corrected chi connectivity index (χ1v) is 11.4. The van der Waals surface area contributed by atoms with E-state index >= 15 is 0 Å². The lowest BCUT2D eigenvalue weighted by atomic mass is 10.0. The van der Waals surface area contributed by atoms with E-state index in [4.69, 9.17) is 4.74 Å². The third-order valence-electron chi connectivity index (χ3n) is 5.39. The van der Waals surface area contributed by atoms with Crippen LogP contribution >= 0.6 is 0 Å². The number of hydrogen-bond acceptors (Lipinski definition) is 4. The summed E-state index contributed by atoms with van der Waals surface area (Å²) in [5.74, 6) is 0.379. The van der Waals surface area contributed by atoms with Gasteiger partial charge in [0.05, 0.1) is 12.2 Å². The number of benzene rings is 1. The lowest BCUT2D eigenvalue weighted by Crippen LogP contribution is -2.57. The molecule has 0 radical (unpaired) electrons. The second-order valence-electron chi connectivity index (χ2n) is 8.05. The van der Waals surface area contributed by atoms with Gasteiger partial charge in [-0.3, -0.25) is 4.79 Å². The Morgan fingerprint density at radius 3 is 2.00 bits per heavy atom. The van der Waals surface area contributed by atoms with Crippen molar-refractivity contribution < 1.29 is 17.9 Å². The highest BCUT2D eigenvalue weighted by molar-refractivity contribution is 7.86. The molecule has 8 heteroatoms. The molecule has 3 rings (SSSR count). The first-order chi connectivity index (χ1) is 13.2. The predicted octanol–water partition coefficient (Wildman–Crippen LogP) is 1.92. The zero-order valence-corrected chi connectivity index (χ0v) is 18.0. The van der Waals surface area contributed by atoms with Crippen molar-refractivity contribution in [2.45, 2.75) is 45.8 Å². The highest BCUT2D eigenvalue weighted by atomic mass is 32.2. The summed E-state index contributed by atoms with van der Waals surface area (Å²) in [7, 11) is -3.53. The van der Waals surface area contributed by atoms with Gasteiger partial charge in [-0.15, -0.1) is 0 Å². The van der Waals surface area contributed by atoms with Crippen LogP contribution in [0.15, 0.2) is 24.3 Å². The van der Waals surface area contributed by atoms with E-state index < -0.39 is 10.2 Å². The summed E-state index contributed by atoms with van der Waals surface area (Å²) < 4.78 is 34.6. The SMILES string of the molecule is CC1CN(S(=O)(=O)N2CCN(C(=O)c3ccc(C(C)C)cc3)CC2)CC(C)O1. The molecule has 1 amide bonds. The number of nitrogens with zero attached hydrogens (tertiary/aromatic N) is 3. The third-order valence-corrected chi connectivity index (χ3v) is 7.36. The lowest BCUT2D eigenvalue weighted by molar-refractivity contribution is -0.0457. The van der Waals surface area contributed by atoms with Crippen molar-refractivity contribution >= 4 is 16.1 Å². The van der Waals surface area contributed by atoms with Crippen molar-refractivity contribution in [3.63, 3.8) is 0 Å². The lowest BCUT2D eigenvalue weighted by Gasteiger charge is -2.40. The van der Waals surface area contributed by atoms with E-state index in [0.29, 0.717) is 50.7 Å². The Balaban J connectivity index is 1.61. The number of hydrogen-bond donors (Lipinski definition) is 0. The molecule has 0 bridgehead atoms. The maximum atomic E-state index is 13.0. The van der Waals surface area contributed by atoms with Crippen molar-refractivity contribution in [3.8, 4) is 0 Å². The van der Waals surface area contributed by atoms with Crippen LogP contribution in [0.2, 0.25) is 0 Å². The van der Waals surface area contributed by atoms with Gasteiger partial charge in [0.15, 0.2) is 0 Å². The Hall–Kier alpha value is -1.48. The van der Waals surface area contributed by atoms with Crippen LogP contribution in [0.3, 0.4) is 0 Å². The molecule has 156 valence electrons. The van der Waals surface area contributed by atoms with Crippen LogP contribution in [0, 0.1) is 0 Å². The number of ether oxygens (including phenoxy) is 1. The van der Waals surface area contributed by atoms with Crippen molar-refractivity contribution in [1.29, 1.82) is 0 Å². The molecule has 2 unspecified atom stereocenters. The first-order valence-electron chi connectivity index (χ1n) is 9.98. The van der Waals surface area contributed by atoms with Gasteiger partial charge in [-0.2, -0.15) is 17.0 Å². The van der Waals surface area contributed by atoms with E-state index in [0.717, 1.165) is 0 Å². The fourth-order valence-electron chi connectivity index (χ4n) is 3.80. The Labute approximate surface area is 168 Å². The number of carbonyl (C=O) groups excluding carboxylic acids is 1. The quantitative estimate of drug-likeness (QED) is 0.762. The average Bonchev–Trinajstić information content (AvgIpc) is 2.67. The number of rotatable bonds is 4. The molecule has 0 spiro atoms. The minimum Gasteiger partial charge on any atom is -0.373 e. The van der Waals surface area contributed by atoms with Gasteiger partial charge in [0.2, 0.25) is 0 Å². The third kappa shape index (κ3) is 4.56. The second kappa shape index (κ2) is 8.49. The summed E-state index contributed by atoms with van der Waals surface area (Å²) in [6, 6.07) is 7.69. The van der Waals surface area contributed by atoms with Crippen LogP contribution in [0.1, 0.15) is 49.5 Å². The molecule has 0 saturated carbocycles. The summed E-state index contributed by atoms with van der Waals surface area (Å²) in [5.41, 5.74) is 1.85. The second-order valence-corrected chi connectivity index (χ2v) is 9.98. The molecule has 1 aromatic carbocycles. The van der Waals surface area contributed by atoms with Gasteiger partial charge in [-0.1, -0.05) is 26.0 Å². The van der Waals surface area contributed by atoms with Crippen LogP contribution in [-0.2, 0) is 14.9 Å². The van der Waals surface area contributed by atoms with Gasteiger partial charge in [0.1, 0.15) is 0 Å². The molecule has 0 aliphatic carbocycles. The summed E-state index contributed by atoms with van der Waals surface area (Å²) in [4.78, 5) is 14.5. The summed E-state index contributed by atoms with van der Waals surface area (Å²) in [6.45, 7) is 10.2. The van der Waals surface area contributed by atoms with Crippen LogP contribution in [0.5, 0.6) is 0 Å². The summed E-state index contributed by atoms with van der Waals surface area (Å²) >= 11 is 0. The Bertz CT molecular complexity index is 776. The predicted molar refractivity (Wildman–Crippen MR) is 109 cm³/mol. The molecule has 2 atom stereocenters. The molecule has 2 aliphatic rings. The van der Waals surface area contributed by atoms with Gasteiger partial charge >= 0.3 is 0 Å². The number of morpholine rings is 1. The highest BCUT2D eigenvalue weighted by Crippen LogP contribution is 2.20. The highest BCUT2D eigenvalue weighted by Gasteiger charge is 2.37. The maximum Gasteiger partial charge on any atom is 0.282 e. The van der Waals surface area contributed by atoms with Gasteiger partial charge in [-0.05, 0) is 37.5 Å². The fourth-order valence-corrected chi connectivity index (χ4v) is 5.55. The van der Waals surface area contributed by atoms with E-state index in [2.05, 4.69) is 13.8 Å². The first kappa shape index (κ1) is 21.2. The van der Waals surface area contributed by atoms with E-state index in [-0.39, 0.29) is 18.1 Å². The molecule has 2 heterocycles. The molecule has 0 N–H and O–H groups in total. The van der Waals surface area contributed by atoms with E-state index in [1.54, 1.807) is 4.90 Å². The van der Waals surface area contributed by atoms with E-state index in [1.807, 2.05) is 38.1 Å². The Kier molecular flexibility index (Phi) is 6.44. The zero-order valence-electron chi connectivity index (χ0n) is 17.2. The van der Waals surface area contributed by atoms with Crippen molar-refractivity contribution in [3.05, 3.63) is 35.4 Å². The molecule has 7 nitrogen and oxygen atoms in total. The number of amides is 1.